The second-order valence-electron chi connectivity index (χ2n) is 5.02. The lowest BCUT2D eigenvalue weighted by atomic mass is 10.1. The maximum atomic E-state index is 11.8. The molecule has 0 aromatic carbocycles. The van der Waals surface area contributed by atoms with E-state index in [0.29, 0.717) is 30.9 Å². The summed E-state index contributed by atoms with van der Waals surface area (Å²) in [4.78, 5) is 13.6. The third kappa shape index (κ3) is 3.59. The zero-order chi connectivity index (χ0) is 15.3. The van der Waals surface area contributed by atoms with Gasteiger partial charge in [0.15, 0.2) is 5.75 Å². The number of hydrogen-bond acceptors (Lipinski definition) is 5. The molecule has 0 aliphatic carbocycles. The molecule has 0 bridgehead atoms. The molecule has 1 aromatic rings. The predicted molar refractivity (Wildman–Crippen MR) is 76.9 cm³/mol. The Kier molecular flexibility index (Phi) is 6.19. The van der Waals surface area contributed by atoms with Gasteiger partial charge in [-0.05, 0) is 20.4 Å². The molecule has 1 aromatic heterocycles. The zero-order valence-electron chi connectivity index (χ0n) is 12.3. The number of rotatable bonds is 7. The van der Waals surface area contributed by atoms with Gasteiger partial charge in [-0.25, -0.2) is 0 Å². The zero-order valence-corrected chi connectivity index (χ0v) is 12.3. The van der Waals surface area contributed by atoms with Crippen LogP contribution in [0, 0.1) is 6.92 Å². The molecular formula is C14H24N2O4. The summed E-state index contributed by atoms with van der Waals surface area (Å²) in [7, 11) is 1.80. The van der Waals surface area contributed by atoms with Crippen LogP contribution in [0.15, 0.2) is 10.9 Å². The molecule has 6 nitrogen and oxygen atoms in total. The Balaban J connectivity index is 3.33. The van der Waals surface area contributed by atoms with Crippen molar-refractivity contribution >= 4 is 0 Å². The summed E-state index contributed by atoms with van der Waals surface area (Å²) in [6.45, 7) is 4.45. The number of nitrogens with zero attached hydrogens (tertiary/aromatic N) is 2. The Hall–Kier alpha value is -1.37. The first-order valence-corrected chi connectivity index (χ1v) is 6.80. The number of aromatic hydroxyl groups is 1. The second kappa shape index (κ2) is 7.42. The highest BCUT2D eigenvalue weighted by atomic mass is 16.3. The van der Waals surface area contributed by atoms with Crippen LogP contribution in [0.1, 0.15) is 30.8 Å². The Bertz CT molecular complexity index is 495. The number of aliphatic hydroxyl groups excluding tert-OH is 2. The molecule has 1 atom stereocenters. The number of aryl methyl sites for hydroxylation is 1. The molecule has 1 heterocycles. The van der Waals surface area contributed by atoms with Crippen molar-refractivity contribution in [3.8, 4) is 5.75 Å². The Morgan fingerprint density at radius 1 is 1.40 bits per heavy atom. The quantitative estimate of drug-likeness (QED) is 0.667. The number of pyridine rings is 1. The minimum Gasteiger partial charge on any atom is -0.503 e. The smallest absolute Gasteiger partial charge is 0.223 e. The first-order chi connectivity index (χ1) is 9.46. The fraction of sp³-hybridized carbons (Fsp3) is 0.643. The van der Waals surface area contributed by atoms with Crippen molar-refractivity contribution in [1.82, 2.24) is 9.47 Å². The van der Waals surface area contributed by atoms with Gasteiger partial charge in [-0.3, -0.25) is 9.69 Å². The minimum atomic E-state index is -0.418. The van der Waals surface area contributed by atoms with E-state index in [4.69, 9.17) is 5.11 Å². The standard InChI is InChI=1S/C14H24N2O4/c1-4-11(9-18)16-10(2)7-13(19)14(20)12(16)8-15(3)5-6-17/h7,11,17-18,20H,4-6,8-9H2,1-3H3. The average Bonchev–Trinajstić information content (AvgIpc) is 2.40. The van der Waals surface area contributed by atoms with Gasteiger partial charge in [0.05, 0.1) is 24.9 Å². The monoisotopic (exact) mass is 284 g/mol. The van der Waals surface area contributed by atoms with Crippen LogP contribution in [-0.4, -0.2) is 51.6 Å². The Labute approximate surface area is 118 Å². The summed E-state index contributed by atoms with van der Waals surface area (Å²) in [6.07, 6.45) is 0.691. The third-order valence-electron chi connectivity index (χ3n) is 3.47. The van der Waals surface area contributed by atoms with Gasteiger partial charge in [0.25, 0.3) is 0 Å². The van der Waals surface area contributed by atoms with Crippen LogP contribution in [0.2, 0.25) is 0 Å². The molecule has 0 aliphatic rings. The van der Waals surface area contributed by atoms with E-state index in [0.717, 1.165) is 0 Å². The van der Waals surface area contributed by atoms with Crippen molar-refractivity contribution in [1.29, 1.82) is 0 Å². The topological polar surface area (TPSA) is 85.9 Å². The normalized spacial score (nSPS) is 12.9. The summed E-state index contributed by atoms with van der Waals surface area (Å²) in [5, 5.41) is 28.5. The molecule has 0 spiro atoms. The molecule has 1 rings (SSSR count). The van der Waals surface area contributed by atoms with E-state index in [2.05, 4.69) is 0 Å². The first-order valence-electron chi connectivity index (χ1n) is 6.80. The SMILES string of the molecule is CCC(CO)n1c(C)cc(=O)c(O)c1CN(C)CCO. The van der Waals surface area contributed by atoms with Crippen molar-refractivity contribution < 1.29 is 15.3 Å². The lowest BCUT2D eigenvalue weighted by molar-refractivity contribution is 0.197. The maximum absolute atomic E-state index is 11.8. The van der Waals surface area contributed by atoms with Crippen molar-refractivity contribution in [2.75, 3.05) is 26.8 Å². The fourth-order valence-corrected chi connectivity index (χ4v) is 2.35. The average molecular weight is 284 g/mol. The van der Waals surface area contributed by atoms with Crippen LogP contribution >= 0.6 is 0 Å². The van der Waals surface area contributed by atoms with Crippen molar-refractivity contribution in [3.63, 3.8) is 0 Å². The lowest BCUT2D eigenvalue weighted by Gasteiger charge is -2.27. The van der Waals surface area contributed by atoms with Gasteiger partial charge in [-0.2, -0.15) is 0 Å². The van der Waals surface area contributed by atoms with E-state index in [1.54, 1.807) is 14.0 Å². The third-order valence-corrected chi connectivity index (χ3v) is 3.47. The van der Waals surface area contributed by atoms with Gasteiger partial charge in [0, 0.05) is 24.8 Å². The summed E-state index contributed by atoms with van der Waals surface area (Å²) in [5.41, 5.74) is 0.770. The molecule has 0 radical (unpaired) electrons. The number of aromatic nitrogens is 1. The molecule has 0 saturated heterocycles. The number of likely N-dealkylation sites (N-methyl/N-ethyl adjacent to an activating group) is 1. The van der Waals surface area contributed by atoms with E-state index >= 15 is 0 Å². The van der Waals surface area contributed by atoms with Crippen LogP contribution in [0.3, 0.4) is 0 Å². The van der Waals surface area contributed by atoms with Crippen LogP contribution in [0.5, 0.6) is 5.75 Å². The van der Waals surface area contributed by atoms with E-state index < -0.39 is 5.43 Å². The second-order valence-corrected chi connectivity index (χ2v) is 5.02. The molecule has 0 aliphatic heterocycles. The number of hydrogen-bond donors (Lipinski definition) is 3. The summed E-state index contributed by atoms with van der Waals surface area (Å²) in [6, 6.07) is 1.20. The molecule has 114 valence electrons. The largest absolute Gasteiger partial charge is 0.503 e. The number of aliphatic hydroxyl groups is 2. The van der Waals surface area contributed by atoms with E-state index in [1.165, 1.54) is 6.07 Å². The van der Waals surface area contributed by atoms with Crippen LogP contribution < -0.4 is 5.43 Å². The summed E-state index contributed by atoms with van der Waals surface area (Å²) >= 11 is 0. The minimum absolute atomic E-state index is 0.00448. The highest BCUT2D eigenvalue weighted by Crippen LogP contribution is 2.22. The van der Waals surface area contributed by atoms with Gasteiger partial charge in [0.1, 0.15) is 0 Å². The molecular weight excluding hydrogens is 260 g/mol. The van der Waals surface area contributed by atoms with Crippen LogP contribution in [-0.2, 0) is 6.54 Å². The highest BCUT2D eigenvalue weighted by molar-refractivity contribution is 5.30. The van der Waals surface area contributed by atoms with Crippen molar-refractivity contribution in [3.05, 3.63) is 27.7 Å². The molecule has 1 unspecified atom stereocenters. The van der Waals surface area contributed by atoms with E-state index in [9.17, 15) is 15.0 Å². The predicted octanol–water partition coefficient (Wildman–Crippen LogP) is 0.230. The fourth-order valence-electron chi connectivity index (χ4n) is 2.35. The maximum Gasteiger partial charge on any atom is 0.223 e. The summed E-state index contributed by atoms with van der Waals surface area (Å²) < 4.78 is 1.81. The van der Waals surface area contributed by atoms with Crippen molar-refractivity contribution in [2.45, 2.75) is 32.9 Å². The molecule has 3 N–H and O–H groups in total. The molecule has 0 fully saturated rings. The van der Waals surface area contributed by atoms with E-state index in [-0.39, 0.29) is 25.0 Å². The molecule has 20 heavy (non-hydrogen) atoms. The highest BCUT2D eigenvalue weighted by Gasteiger charge is 2.19. The van der Waals surface area contributed by atoms with Gasteiger partial charge >= 0.3 is 0 Å². The van der Waals surface area contributed by atoms with E-state index in [1.807, 2.05) is 16.4 Å². The van der Waals surface area contributed by atoms with Crippen LogP contribution in [0.25, 0.3) is 0 Å². The van der Waals surface area contributed by atoms with Crippen LogP contribution in [0.4, 0.5) is 0 Å². The Morgan fingerprint density at radius 3 is 2.55 bits per heavy atom. The summed E-state index contributed by atoms with van der Waals surface area (Å²) in [5.74, 6) is -0.285. The van der Waals surface area contributed by atoms with Gasteiger partial charge in [-0.1, -0.05) is 6.92 Å². The van der Waals surface area contributed by atoms with Gasteiger partial charge < -0.3 is 19.9 Å². The Morgan fingerprint density at radius 2 is 2.05 bits per heavy atom. The van der Waals surface area contributed by atoms with Crippen molar-refractivity contribution in [2.24, 2.45) is 0 Å². The molecule has 0 saturated carbocycles. The molecule has 0 amide bonds. The first kappa shape index (κ1) is 16.7. The van der Waals surface area contributed by atoms with Gasteiger partial charge in [0.2, 0.25) is 5.43 Å². The lowest BCUT2D eigenvalue weighted by Crippen LogP contribution is -2.28. The van der Waals surface area contributed by atoms with Gasteiger partial charge in [-0.15, -0.1) is 0 Å². The molecule has 6 heteroatoms.